The summed E-state index contributed by atoms with van der Waals surface area (Å²) < 4.78 is 0. The van der Waals surface area contributed by atoms with Crippen LogP contribution in [-0.4, -0.2) is 36.4 Å². The Kier molecular flexibility index (Phi) is 5.33. The van der Waals surface area contributed by atoms with E-state index in [1.807, 2.05) is 12.1 Å². The fourth-order valence-corrected chi connectivity index (χ4v) is 3.18. The van der Waals surface area contributed by atoms with Gasteiger partial charge in [0.1, 0.15) is 0 Å². The van der Waals surface area contributed by atoms with Gasteiger partial charge in [0, 0.05) is 38.2 Å². The first-order valence-corrected chi connectivity index (χ1v) is 8.92. The lowest BCUT2D eigenvalue weighted by atomic mass is 10.1. The van der Waals surface area contributed by atoms with E-state index >= 15 is 0 Å². The molecule has 2 amide bonds. The van der Waals surface area contributed by atoms with Crippen molar-refractivity contribution in [2.75, 3.05) is 29.9 Å². The van der Waals surface area contributed by atoms with E-state index in [2.05, 4.69) is 27.4 Å². The van der Waals surface area contributed by atoms with Gasteiger partial charge in [0.2, 0.25) is 11.8 Å². The molecule has 1 aromatic rings. The van der Waals surface area contributed by atoms with E-state index in [-0.39, 0.29) is 24.2 Å². The molecule has 1 aromatic heterocycles. The summed E-state index contributed by atoms with van der Waals surface area (Å²) in [5.74, 6) is 1.47. The lowest BCUT2D eigenvalue weighted by molar-refractivity contribution is -0.122. The standard InChI is InChI=1S/C18H26N4O2/c1-13-12-14(13)18(24)20-9-7-16(23)21-15-6-5-8-19-17(15)22-10-3-2-4-11-22/h5-6,8,13-14H,2-4,7,9-12H2,1H3,(H,20,24)(H,21,23)/t13-,14+/m1/s1. The van der Waals surface area contributed by atoms with Crippen molar-refractivity contribution in [3.63, 3.8) is 0 Å². The van der Waals surface area contributed by atoms with Crippen LogP contribution >= 0.6 is 0 Å². The fraction of sp³-hybridized carbons (Fsp3) is 0.611. The molecule has 0 aromatic carbocycles. The third-order valence-electron chi connectivity index (χ3n) is 4.81. The molecule has 24 heavy (non-hydrogen) atoms. The number of nitrogens with one attached hydrogen (secondary N) is 2. The normalized spacial score (nSPS) is 22.8. The third kappa shape index (κ3) is 4.24. The van der Waals surface area contributed by atoms with Gasteiger partial charge in [-0.2, -0.15) is 0 Å². The van der Waals surface area contributed by atoms with Crippen LogP contribution in [0, 0.1) is 11.8 Å². The largest absolute Gasteiger partial charge is 0.355 e. The maximum Gasteiger partial charge on any atom is 0.226 e. The third-order valence-corrected chi connectivity index (χ3v) is 4.81. The highest BCUT2D eigenvalue weighted by Gasteiger charge is 2.38. The van der Waals surface area contributed by atoms with Crippen molar-refractivity contribution in [3.05, 3.63) is 18.3 Å². The first kappa shape index (κ1) is 16.7. The maximum absolute atomic E-state index is 12.2. The number of hydrogen-bond acceptors (Lipinski definition) is 4. The predicted molar refractivity (Wildman–Crippen MR) is 93.8 cm³/mol. The predicted octanol–water partition coefficient (Wildman–Crippen LogP) is 2.17. The SMILES string of the molecule is C[C@@H]1C[C@@H]1C(=O)NCCC(=O)Nc1cccnc1N1CCCCC1. The van der Waals surface area contributed by atoms with E-state index in [1.165, 1.54) is 6.42 Å². The zero-order valence-electron chi connectivity index (χ0n) is 14.3. The van der Waals surface area contributed by atoms with Crippen LogP contribution in [-0.2, 0) is 9.59 Å². The second-order valence-corrected chi connectivity index (χ2v) is 6.83. The van der Waals surface area contributed by atoms with Crippen LogP contribution in [0.25, 0.3) is 0 Å². The molecule has 0 bridgehead atoms. The molecule has 2 atom stereocenters. The molecule has 0 unspecified atom stereocenters. The number of pyridine rings is 1. The molecule has 2 N–H and O–H groups in total. The van der Waals surface area contributed by atoms with Gasteiger partial charge in [0.15, 0.2) is 5.82 Å². The van der Waals surface area contributed by atoms with Crippen molar-refractivity contribution in [1.82, 2.24) is 10.3 Å². The van der Waals surface area contributed by atoms with Crippen molar-refractivity contribution in [3.8, 4) is 0 Å². The summed E-state index contributed by atoms with van der Waals surface area (Å²) in [6.07, 6.45) is 6.58. The van der Waals surface area contributed by atoms with Crippen LogP contribution in [0.15, 0.2) is 18.3 Å². The van der Waals surface area contributed by atoms with Gasteiger partial charge in [-0.3, -0.25) is 9.59 Å². The zero-order chi connectivity index (χ0) is 16.9. The molecule has 6 nitrogen and oxygen atoms in total. The molecular formula is C18H26N4O2. The molecule has 130 valence electrons. The van der Waals surface area contributed by atoms with Crippen molar-refractivity contribution < 1.29 is 9.59 Å². The Hall–Kier alpha value is -2.11. The van der Waals surface area contributed by atoms with Crippen molar-refractivity contribution >= 4 is 23.3 Å². The summed E-state index contributed by atoms with van der Waals surface area (Å²) in [4.78, 5) is 30.6. The molecule has 1 saturated heterocycles. The molecule has 0 spiro atoms. The number of aromatic nitrogens is 1. The molecule has 1 aliphatic heterocycles. The Balaban J connectivity index is 1.49. The topological polar surface area (TPSA) is 74.3 Å². The van der Waals surface area contributed by atoms with E-state index in [9.17, 15) is 9.59 Å². The van der Waals surface area contributed by atoms with E-state index in [4.69, 9.17) is 0 Å². The Morgan fingerprint density at radius 1 is 1.29 bits per heavy atom. The molecule has 2 aliphatic rings. The highest BCUT2D eigenvalue weighted by molar-refractivity contribution is 5.94. The number of amides is 2. The second kappa shape index (κ2) is 7.64. The quantitative estimate of drug-likeness (QED) is 0.838. The number of anilines is 2. The second-order valence-electron chi connectivity index (χ2n) is 6.83. The van der Waals surface area contributed by atoms with Crippen LogP contribution < -0.4 is 15.5 Å². The van der Waals surface area contributed by atoms with Gasteiger partial charge in [0.25, 0.3) is 0 Å². The Morgan fingerprint density at radius 2 is 2.04 bits per heavy atom. The summed E-state index contributed by atoms with van der Waals surface area (Å²) in [5, 5.41) is 5.78. The number of carbonyl (C=O) groups excluding carboxylic acids is 2. The Labute approximate surface area is 143 Å². The highest BCUT2D eigenvalue weighted by atomic mass is 16.2. The average Bonchev–Trinajstić information content (AvgIpc) is 3.33. The van der Waals surface area contributed by atoms with Gasteiger partial charge >= 0.3 is 0 Å². The highest BCUT2D eigenvalue weighted by Crippen LogP contribution is 2.37. The van der Waals surface area contributed by atoms with Gasteiger partial charge in [-0.25, -0.2) is 4.98 Å². The fourth-order valence-electron chi connectivity index (χ4n) is 3.18. The molecule has 3 rings (SSSR count). The lowest BCUT2D eigenvalue weighted by Crippen LogP contribution is -2.32. The summed E-state index contributed by atoms with van der Waals surface area (Å²) in [6.45, 7) is 4.42. The van der Waals surface area contributed by atoms with E-state index < -0.39 is 0 Å². The van der Waals surface area contributed by atoms with Gasteiger partial charge in [0.05, 0.1) is 5.69 Å². The van der Waals surface area contributed by atoms with Crippen molar-refractivity contribution in [1.29, 1.82) is 0 Å². The summed E-state index contributed by atoms with van der Waals surface area (Å²) in [6, 6.07) is 3.72. The van der Waals surface area contributed by atoms with Crippen molar-refractivity contribution in [2.45, 2.75) is 39.0 Å². The van der Waals surface area contributed by atoms with E-state index in [0.717, 1.165) is 43.9 Å². The minimum atomic E-state index is -0.0922. The molecular weight excluding hydrogens is 304 g/mol. The Bertz CT molecular complexity index is 598. The monoisotopic (exact) mass is 330 g/mol. The van der Waals surface area contributed by atoms with Gasteiger partial charge in [-0.05, 0) is 43.7 Å². The number of piperidine rings is 1. The van der Waals surface area contributed by atoms with E-state index in [0.29, 0.717) is 12.5 Å². The molecule has 2 heterocycles. The van der Waals surface area contributed by atoms with Crippen molar-refractivity contribution in [2.24, 2.45) is 11.8 Å². The summed E-state index contributed by atoms with van der Waals surface area (Å²) in [5.41, 5.74) is 0.756. The first-order chi connectivity index (χ1) is 11.6. The van der Waals surface area contributed by atoms with E-state index in [1.54, 1.807) is 6.20 Å². The zero-order valence-corrected chi connectivity index (χ0v) is 14.3. The molecule has 2 fully saturated rings. The van der Waals surface area contributed by atoms with Gasteiger partial charge in [-0.15, -0.1) is 0 Å². The summed E-state index contributed by atoms with van der Waals surface area (Å²) >= 11 is 0. The van der Waals surface area contributed by atoms with Crippen LogP contribution in [0.4, 0.5) is 11.5 Å². The van der Waals surface area contributed by atoms with Crippen LogP contribution in [0.3, 0.4) is 0 Å². The van der Waals surface area contributed by atoms with Gasteiger partial charge in [-0.1, -0.05) is 6.92 Å². The minimum absolute atomic E-state index is 0.0747. The molecule has 6 heteroatoms. The smallest absolute Gasteiger partial charge is 0.226 e. The van der Waals surface area contributed by atoms with Crippen LogP contribution in [0.1, 0.15) is 39.0 Å². The number of rotatable bonds is 6. The molecule has 0 radical (unpaired) electrons. The van der Waals surface area contributed by atoms with Crippen LogP contribution in [0.5, 0.6) is 0 Å². The van der Waals surface area contributed by atoms with Gasteiger partial charge < -0.3 is 15.5 Å². The summed E-state index contributed by atoms with van der Waals surface area (Å²) in [7, 11) is 0. The number of carbonyl (C=O) groups is 2. The first-order valence-electron chi connectivity index (χ1n) is 8.92. The molecule has 1 aliphatic carbocycles. The maximum atomic E-state index is 12.2. The number of hydrogen-bond donors (Lipinski definition) is 2. The number of nitrogens with zero attached hydrogens (tertiary/aromatic N) is 2. The average molecular weight is 330 g/mol. The Morgan fingerprint density at radius 3 is 2.75 bits per heavy atom. The lowest BCUT2D eigenvalue weighted by Gasteiger charge is -2.29. The molecule has 1 saturated carbocycles. The van der Waals surface area contributed by atoms with Crippen LogP contribution in [0.2, 0.25) is 0 Å². The minimum Gasteiger partial charge on any atom is -0.355 e.